The lowest BCUT2D eigenvalue weighted by Gasteiger charge is -2.05. The molecule has 1 aromatic carbocycles. The van der Waals surface area contributed by atoms with E-state index in [2.05, 4.69) is 17.2 Å². The zero-order chi connectivity index (χ0) is 14.5. The largest absolute Gasteiger partial charge is 0.384 e. The number of para-hydroxylation sites is 1. The zero-order valence-corrected chi connectivity index (χ0v) is 12.2. The molecule has 2 rings (SSSR count). The van der Waals surface area contributed by atoms with Gasteiger partial charge < -0.3 is 10.4 Å². The van der Waals surface area contributed by atoms with Gasteiger partial charge in [0.05, 0.1) is 10.6 Å². The third-order valence-corrected chi connectivity index (χ3v) is 4.02. The topological polar surface area (TPSA) is 49.3 Å². The maximum absolute atomic E-state index is 12.2. The van der Waals surface area contributed by atoms with Crippen LogP contribution in [0.1, 0.15) is 25.7 Å². The third-order valence-electron chi connectivity index (χ3n) is 2.87. The molecule has 102 valence electrons. The number of benzene rings is 1. The molecule has 4 heteroatoms. The Kier molecular flexibility index (Phi) is 4.57. The molecule has 0 fully saturated rings. The van der Waals surface area contributed by atoms with Crippen molar-refractivity contribution in [2.45, 2.75) is 13.8 Å². The fourth-order valence-electron chi connectivity index (χ4n) is 1.70. The van der Waals surface area contributed by atoms with Crippen molar-refractivity contribution in [2.24, 2.45) is 0 Å². The van der Waals surface area contributed by atoms with Crippen molar-refractivity contribution >= 4 is 22.9 Å². The molecule has 0 atom stereocenters. The number of thiophene rings is 1. The van der Waals surface area contributed by atoms with Crippen LogP contribution < -0.4 is 5.32 Å². The minimum atomic E-state index is -0.203. The summed E-state index contributed by atoms with van der Waals surface area (Å²) in [4.78, 5) is 14.0. The molecule has 0 saturated heterocycles. The van der Waals surface area contributed by atoms with E-state index in [0.29, 0.717) is 16.1 Å². The van der Waals surface area contributed by atoms with Gasteiger partial charge in [0.25, 0.3) is 5.91 Å². The Hall–Kier alpha value is -2.09. The van der Waals surface area contributed by atoms with Crippen LogP contribution in [0.25, 0.3) is 0 Å². The van der Waals surface area contributed by atoms with Gasteiger partial charge in [-0.05, 0) is 37.6 Å². The van der Waals surface area contributed by atoms with E-state index in [1.165, 1.54) is 11.3 Å². The fourth-order valence-corrected chi connectivity index (χ4v) is 2.63. The second-order valence-corrected chi connectivity index (χ2v) is 5.57. The van der Waals surface area contributed by atoms with E-state index in [9.17, 15) is 4.79 Å². The predicted molar refractivity (Wildman–Crippen MR) is 82.2 cm³/mol. The summed E-state index contributed by atoms with van der Waals surface area (Å²) in [6, 6.07) is 9.17. The first kappa shape index (κ1) is 14.3. The van der Waals surface area contributed by atoms with Gasteiger partial charge in [-0.15, -0.1) is 11.3 Å². The van der Waals surface area contributed by atoms with E-state index >= 15 is 0 Å². The van der Waals surface area contributed by atoms with Crippen LogP contribution in [-0.4, -0.2) is 17.6 Å². The number of hydrogen-bond donors (Lipinski definition) is 2. The lowest BCUT2D eigenvalue weighted by molar-refractivity contribution is 0.103. The highest BCUT2D eigenvalue weighted by Crippen LogP contribution is 2.22. The van der Waals surface area contributed by atoms with Gasteiger partial charge in [0, 0.05) is 10.4 Å². The second-order valence-electron chi connectivity index (χ2n) is 4.31. The normalized spacial score (nSPS) is 9.75. The highest BCUT2D eigenvalue weighted by molar-refractivity contribution is 7.14. The summed E-state index contributed by atoms with van der Waals surface area (Å²) >= 11 is 1.48. The number of aliphatic hydroxyl groups is 1. The number of aliphatic hydroxyl groups excluding tert-OH is 1. The maximum Gasteiger partial charge on any atom is 0.265 e. The van der Waals surface area contributed by atoms with Crippen molar-refractivity contribution in [2.75, 3.05) is 11.9 Å². The first-order chi connectivity index (χ1) is 9.61. The molecule has 0 unspecified atom stereocenters. The molecule has 2 aromatic rings. The van der Waals surface area contributed by atoms with Crippen molar-refractivity contribution in [3.8, 4) is 11.8 Å². The Morgan fingerprint density at radius 2 is 2.10 bits per heavy atom. The highest BCUT2D eigenvalue weighted by atomic mass is 32.1. The number of anilines is 1. The van der Waals surface area contributed by atoms with Gasteiger partial charge in [-0.1, -0.05) is 24.0 Å². The van der Waals surface area contributed by atoms with Crippen molar-refractivity contribution in [1.82, 2.24) is 0 Å². The summed E-state index contributed by atoms with van der Waals surface area (Å²) in [5.41, 5.74) is 2.47. The van der Waals surface area contributed by atoms with Gasteiger partial charge in [0.2, 0.25) is 0 Å². The Morgan fingerprint density at radius 3 is 2.75 bits per heavy atom. The van der Waals surface area contributed by atoms with E-state index in [4.69, 9.17) is 5.11 Å². The van der Waals surface area contributed by atoms with Gasteiger partial charge in [-0.3, -0.25) is 4.79 Å². The van der Waals surface area contributed by atoms with Gasteiger partial charge in [0.15, 0.2) is 0 Å². The van der Waals surface area contributed by atoms with Gasteiger partial charge >= 0.3 is 0 Å². The Morgan fingerprint density at radius 1 is 1.35 bits per heavy atom. The molecule has 0 saturated carbocycles. The Bertz CT molecular complexity index is 672. The maximum atomic E-state index is 12.2. The molecule has 20 heavy (non-hydrogen) atoms. The van der Waals surface area contributed by atoms with Gasteiger partial charge in [-0.2, -0.15) is 0 Å². The molecule has 1 heterocycles. The van der Waals surface area contributed by atoms with E-state index in [1.54, 1.807) is 6.07 Å². The lowest BCUT2D eigenvalue weighted by atomic mass is 10.2. The number of nitrogens with one attached hydrogen (secondary N) is 1. The average Bonchev–Trinajstić information content (AvgIpc) is 2.78. The number of carbonyl (C=O) groups is 1. The van der Waals surface area contributed by atoms with E-state index in [-0.39, 0.29) is 12.5 Å². The summed E-state index contributed by atoms with van der Waals surface area (Å²) in [5.74, 6) is 5.28. The molecule has 0 radical (unpaired) electrons. The molecule has 0 aliphatic rings. The van der Waals surface area contributed by atoms with E-state index in [0.717, 1.165) is 10.4 Å². The summed E-state index contributed by atoms with van der Waals surface area (Å²) in [7, 11) is 0. The first-order valence-corrected chi connectivity index (χ1v) is 7.00. The summed E-state index contributed by atoms with van der Waals surface area (Å²) < 4.78 is 0. The molecule has 3 nitrogen and oxygen atoms in total. The van der Waals surface area contributed by atoms with E-state index < -0.39 is 0 Å². The molecular weight excluding hydrogens is 270 g/mol. The average molecular weight is 285 g/mol. The zero-order valence-electron chi connectivity index (χ0n) is 11.4. The van der Waals surface area contributed by atoms with Crippen molar-refractivity contribution in [3.05, 3.63) is 51.2 Å². The lowest BCUT2D eigenvalue weighted by Crippen LogP contribution is -2.11. The number of aryl methyl sites for hydroxylation is 2. The van der Waals surface area contributed by atoms with Crippen LogP contribution in [0.2, 0.25) is 0 Å². The second kappa shape index (κ2) is 6.38. The van der Waals surface area contributed by atoms with Gasteiger partial charge in [0.1, 0.15) is 6.61 Å². The monoisotopic (exact) mass is 285 g/mol. The number of hydrogen-bond acceptors (Lipinski definition) is 3. The van der Waals surface area contributed by atoms with Crippen molar-refractivity contribution in [1.29, 1.82) is 0 Å². The van der Waals surface area contributed by atoms with Crippen molar-refractivity contribution < 1.29 is 9.90 Å². The number of carbonyl (C=O) groups excluding carboxylic acids is 1. The molecule has 1 aromatic heterocycles. The number of amides is 1. The SMILES string of the molecule is Cc1cc(C(=O)Nc2ccccc2C#CCO)sc1C. The van der Waals surface area contributed by atoms with Crippen LogP contribution in [0.4, 0.5) is 5.69 Å². The molecular formula is C16H15NO2S. The third kappa shape index (κ3) is 3.27. The fraction of sp³-hybridized carbons (Fsp3) is 0.188. The smallest absolute Gasteiger partial charge is 0.265 e. The minimum absolute atomic E-state index is 0.135. The summed E-state index contributed by atoms with van der Waals surface area (Å²) in [6.45, 7) is 3.78. The number of rotatable bonds is 2. The van der Waals surface area contributed by atoms with E-state index in [1.807, 2.05) is 38.1 Å². The van der Waals surface area contributed by atoms with Crippen LogP contribution >= 0.6 is 11.3 Å². The molecule has 0 aliphatic heterocycles. The van der Waals surface area contributed by atoms with Crippen LogP contribution in [0.5, 0.6) is 0 Å². The van der Waals surface area contributed by atoms with Crippen LogP contribution in [0, 0.1) is 25.7 Å². The summed E-state index contributed by atoms with van der Waals surface area (Å²) in [6.07, 6.45) is 0. The molecule has 0 spiro atoms. The molecule has 0 bridgehead atoms. The molecule has 2 N–H and O–H groups in total. The minimum Gasteiger partial charge on any atom is -0.384 e. The quantitative estimate of drug-likeness (QED) is 0.833. The predicted octanol–water partition coefficient (Wildman–Crippen LogP) is 2.96. The van der Waals surface area contributed by atoms with Crippen molar-refractivity contribution in [3.63, 3.8) is 0 Å². The standard InChI is InChI=1S/C16H15NO2S/c1-11-10-15(20-12(11)2)16(19)17-14-8-4-3-6-13(14)7-5-9-18/h3-4,6,8,10,18H,9H2,1-2H3,(H,17,19). The van der Waals surface area contributed by atoms with Gasteiger partial charge in [-0.25, -0.2) is 0 Å². The first-order valence-electron chi connectivity index (χ1n) is 6.19. The Labute approximate surface area is 122 Å². The highest BCUT2D eigenvalue weighted by Gasteiger charge is 2.11. The summed E-state index contributed by atoms with van der Waals surface area (Å²) in [5, 5.41) is 11.6. The van der Waals surface area contributed by atoms with Crippen LogP contribution in [0.15, 0.2) is 30.3 Å². The Balaban J connectivity index is 2.23. The molecule has 0 aliphatic carbocycles. The molecule has 1 amide bonds. The van der Waals surface area contributed by atoms with Crippen LogP contribution in [-0.2, 0) is 0 Å². The van der Waals surface area contributed by atoms with Crippen LogP contribution in [0.3, 0.4) is 0 Å².